The summed E-state index contributed by atoms with van der Waals surface area (Å²) in [6.45, 7) is 1.98. The summed E-state index contributed by atoms with van der Waals surface area (Å²) in [6, 6.07) is 14.9. The lowest BCUT2D eigenvalue weighted by Gasteiger charge is -2.14. The predicted molar refractivity (Wildman–Crippen MR) is 98.1 cm³/mol. The Labute approximate surface area is 149 Å². The third kappa shape index (κ3) is 4.14. The van der Waals surface area contributed by atoms with E-state index in [2.05, 4.69) is 15.6 Å². The summed E-state index contributed by atoms with van der Waals surface area (Å²) < 4.78 is 13.7. The number of carbonyl (C=O) groups excluding carboxylic acids is 1. The van der Waals surface area contributed by atoms with Crippen molar-refractivity contribution < 1.29 is 9.18 Å². The maximum Gasteiger partial charge on any atom is 0.258 e. The van der Waals surface area contributed by atoms with E-state index in [-0.39, 0.29) is 10.7 Å². The molecule has 1 aromatic heterocycles. The molecule has 0 saturated heterocycles. The molecule has 0 radical (unpaired) electrons. The van der Waals surface area contributed by atoms with Crippen molar-refractivity contribution in [3.8, 4) is 0 Å². The van der Waals surface area contributed by atoms with Gasteiger partial charge in [0.15, 0.2) is 0 Å². The van der Waals surface area contributed by atoms with Crippen molar-refractivity contribution >= 4 is 34.6 Å². The summed E-state index contributed by atoms with van der Waals surface area (Å²) in [5.74, 6) is -0.830. The minimum absolute atomic E-state index is 0.107. The summed E-state index contributed by atoms with van der Waals surface area (Å²) in [5.41, 5.74) is 3.02. The number of amides is 1. The zero-order valence-electron chi connectivity index (χ0n) is 13.4. The van der Waals surface area contributed by atoms with Gasteiger partial charge in [0.1, 0.15) is 11.0 Å². The maximum atomic E-state index is 13.7. The number of rotatable bonds is 4. The highest BCUT2D eigenvalue weighted by molar-refractivity contribution is 6.33. The molecule has 1 heterocycles. The first-order chi connectivity index (χ1) is 12.0. The minimum Gasteiger partial charge on any atom is -0.354 e. The lowest BCUT2D eigenvalue weighted by atomic mass is 10.2. The largest absolute Gasteiger partial charge is 0.354 e. The Kier molecular flexibility index (Phi) is 4.95. The Bertz CT molecular complexity index is 913. The summed E-state index contributed by atoms with van der Waals surface area (Å²) in [4.78, 5) is 16.3. The molecule has 3 rings (SSSR count). The van der Waals surface area contributed by atoms with E-state index in [0.29, 0.717) is 11.4 Å². The van der Waals surface area contributed by atoms with E-state index in [1.807, 2.05) is 31.2 Å². The smallest absolute Gasteiger partial charge is 0.258 e. The summed E-state index contributed by atoms with van der Waals surface area (Å²) in [7, 11) is 0. The molecule has 25 heavy (non-hydrogen) atoms. The van der Waals surface area contributed by atoms with E-state index in [9.17, 15) is 9.18 Å². The fraction of sp³-hybridized carbons (Fsp3) is 0.0526. The first-order valence-electron chi connectivity index (χ1n) is 7.58. The van der Waals surface area contributed by atoms with Crippen molar-refractivity contribution in [1.82, 2.24) is 4.98 Å². The van der Waals surface area contributed by atoms with E-state index in [0.717, 1.165) is 11.3 Å². The highest BCUT2D eigenvalue weighted by Crippen LogP contribution is 2.27. The third-order valence-electron chi connectivity index (χ3n) is 3.56. The molecule has 0 spiro atoms. The number of nitrogens with one attached hydrogen (secondary N) is 2. The van der Waals surface area contributed by atoms with Crippen LogP contribution in [0.15, 0.2) is 60.8 Å². The molecule has 0 saturated carbocycles. The molecule has 0 atom stereocenters. The summed E-state index contributed by atoms with van der Waals surface area (Å²) in [6.07, 6.45) is 1.50. The van der Waals surface area contributed by atoms with Crippen LogP contribution in [0.1, 0.15) is 15.9 Å². The zero-order chi connectivity index (χ0) is 17.8. The molecule has 3 aromatic rings. The molecule has 0 aliphatic carbocycles. The molecule has 2 aromatic carbocycles. The number of aromatic nitrogens is 1. The average Bonchev–Trinajstić information content (AvgIpc) is 2.59. The van der Waals surface area contributed by atoms with Crippen LogP contribution >= 0.6 is 11.6 Å². The number of benzene rings is 2. The van der Waals surface area contributed by atoms with Gasteiger partial charge >= 0.3 is 0 Å². The van der Waals surface area contributed by atoms with Gasteiger partial charge in [0, 0.05) is 11.9 Å². The molecular weight excluding hydrogens is 341 g/mol. The van der Waals surface area contributed by atoms with Gasteiger partial charge in [-0.3, -0.25) is 4.79 Å². The normalized spacial score (nSPS) is 10.4. The van der Waals surface area contributed by atoms with E-state index in [1.54, 1.807) is 12.1 Å². The Morgan fingerprint density at radius 2 is 1.84 bits per heavy atom. The van der Waals surface area contributed by atoms with Crippen LogP contribution < -0.4 is 10.6 Å². The van der Waals surface area contributed by atoms with Crippen LogP contribution in [-0.2, 0) is 0 Å². The topological polar surface area (TPSA) is 54.0 Å². The van der Waals surface area contributed by atoms with Crippen molar-refractivity contribution in [2.45, 2.75) is 6.92 Å². The lowest BCUT2D eigenvalue weighted by molar-refractivity contribution is 0.102. The van der Waals surface area contributed by atoms with Gasteiger partial charge in [-0.25, -0.2) is 9.37 Å². The molecule has 0 fully saturated rings. The van der Waals surface area contributed by atoms with E-state index in [4.69, 9.17) is 11.6 Å². The number of hydrogen-bond acceptors (Lipinski definition) is 3. The highest BCUT2D eigenvalue weighted by atomic mass is 35.5. The second kappa shape index (κ2) is 7.32. The quantitative estimate of drug-likeness (QED) is 0.634. The summed E-state index contributed by atoms with van der Waals surface area (Å²) >= 11 is 5.95. The van der Waals surface area contributed by atoms with E-state index >= 15 is 0 Å². The standard InChI is InChI=1S/C19H15ClFN3O/c1-12-4-7-14(8-5-12)23-17-11-13(21)6-9-16(17)24-19(25)15-3-2-10-22-18(15)20/h2-11,23H,1H3,(H,24,25). The fourth-order valence-electron chi connectivity index (χ4n) is 2.27. The van der Waals surface area contributed by atoms with Crippen LogP contribution in [0.5, 0.6) is 0 Å². The predicted octanol–water partition coefficient (Wildman–Crippen LogP) is 5.18. The molecule has 6 heteroatoms. The SMILES string of the molecule is Cc1ccc(Nc2cc(F)ccc2NC(=O)c2cccnc2Cl)cc1. The van der Waals surface area contributed by atoms with Crippen LogP contribution in [0.2, 0.25) is 5.15 Å². The van der Waals surface area contributed by atoms with Crippen LogP contribution in [0.4, 0.5) is 21.5 Å². The van der Waals surface area contributed by atoms with Crippen molar-refractivity contribution in [2.24, 2.45) is 0 Å². The van der Waals surface area contributed by atoms with Crippen LogP contribution in [0, 0.1) is 12.7 Å². The third-order valence-corrected chi connectivity index (χ3v) is 3.87. The Hall–Kier alpha value is -2.92. The van der Waals surface area contributed by atoms with Crippen LogP contribution in [-0.4, -0.2) is 10.9 Å². The fourth-order valence-corrected chi connectivity index (χ4v) is 2.47. The number of carbonyl (C=O) groups is 1. The van der Waals surface area contributed by atoms with Crippen LogP contribution in [0.3, 0.4) is 0 Å². The molecule has 2 N–H and O–H groups in total. The molecule has 0 aliphatic rings. The number of halogens is 2. The van der Waals surface area contributed by atoms with E-state index < -0.39 is 11.7 Å². The molecule has 0 unspecified atom stereocenters. The number of hydrogen-bond donors (Lipinski definition) is 2. The van der Waals surface area contributed by atoms with Gasteiger partial charge in [0.05, 0.1) is 16.9 Å². The van der Waals surface area contributed by atoms with Crippen molar-refractivity contribution in [3.63, 3.8) is 0 Å². The van der Waals surface area contributed by atoms with Crippen molar-refractivity contribution in [3.05, 3.63) is 82.9 Å². The average molecular weight is 356 g/mol. The Balaban J connectivity index is 1.87. The number of anilines is 3. The van der Waals surface area contributed by atoms with Crippen LogP contribution in [0.25, 0.3) is 0 Å². The van der Waals surface area contributed by atoms with Gasteiger partial charge in [-0.15, -0.1) is 0 Å². The number of aryl methyl sites for hydroxylation is 1. The van der Waals surface area contributed by atoms with Gasteiger partial charge in [-0.05, 0) is 49.4 Å². The second-order valence-corrected chi connectivity index (χ2v) is 5.83. The van der Waals surface area contributed by atoms with Crippen molar-refractivity contribution in [2.75, 3.05) is 10.6 Å². The van der Waals surface area contributed by atoms with Gasteiger partial charge in [-0.1, -0.05) is 29.3 Å². The lowest BCUT2D eigenvalue weighted by Crippen LogP contribution is -2.14. The van der Waals surface area contributed by atoms with Gasteiger partial charge in [0.2, 0.25) is 0 Å². The first-order valence-corrected chi connectivity index (χ1v) is 7.96. The maximum absolute atomic E-state index is 13.7. The Morgan fingerprint density at radius 1 is 1.08 bits per heavy atom. The number of pyridine rings is 1. The minimum atomic E-state index is -0.420. The molecule has 1 amide bonds. The Morgan fingerprint density at radius 3 is 2.56 bits per heavy atom. The zero-order valence-corrected chi connectivity index (χ0v) is 14.1. The van der Waals surface area contributed by atoms with E-state index in [1.165, 1.54) is 24.4 Å². The van der Waals surface area contributed by atoms with Gasteiger partial charge in [0.25, 0.3) is 5.91 Å². The molecule has 0 bridgehead atoms. The van der Waals surface area contributed by atoms with Crippen molar-refractivity contribution in [1.29, 1.82) is 0 Å². The molecule has 126 valence electrons. The second-order valence-electron chi connectivity index (χ2n) is 5.48. The highest BCUT2D eigenvalue weighted by Gasteiger charge is 2.13. The molecular formula is C19H15ClFN3O. The monoisotopic (exact) mass is 355 g/mol. The summed E-state index contributed by atoms with van der Waals surface area (Å²) in [5, 5.41) is 5.95. The first kappa shape index (κ1) is 16.9. The molecule has 4 nitrogen and oxygen atoms in total. The van der Waals surface area contributed by atoms with Gasteiger partial charge in [-0.2, -0.15) is 0 Å². The number of nitrogens with zero attached hydrogens (tertiary/aromatic N) is 1. The van der Waals surface area contributed by atoms with Gasteiger partial charge < -0.3 is 10.6 Å². The molecule has 0 aliphatic heterocycles.